The van der Waals surface area contributed by atoms with Crippen LogP contribution < -0.4 is 0 Å². The molecule has 0 atom stereocenters. The molecule has 0 radical (unpaired) electrons. The van der Waals surface area contributed by atoms with Crippen LogP contribution in [0.2, 0.25) is 0 Å². The molecule has 0 heterocycles. The van der Waals surface area contributed by atoms with Gasteiger partial charge in [-0.25, -0.2) is 13.2 Å². The molecule has 0 aromatic heterocycles. The Kier molecular flexibility index (Phi) is 4.48. The smallest absolute Gasteiger partial charge is 0.335 e. The number of aliphatic hydroxyl groups is 1. The number of carboxylic acids is 1. The van der Waals surface area contributed by atoms with Crippen LogP contribution in [0.5, 0.6) is 0 Å². The summed E-state index contributed by atoms with van der Waals surface area (Å²) in [6.07, 6.45) is 1.52. The van der Waals surface area contributed by atoms with Crippen molar-refractivity contribution in [2.45, 2.75) is 23.8 Å². The standard InChI is InChI=1S/C12H14BrNO5S/c13-10-4-1-8(12(16)17)7-11(10)20(18,19)14(5-6-15)9-2-3-9/h1,4,7,9,15H,2-3,5-6H2,(H,16,17). The molecule has 8 heteroatoms. The maximum atomic E-state index is 12.6. The first-order valence-corrected chi connectivity index (χ1v) is 8.26. The Morgan fingerprint density at radius 2 is 2.05 bits per heavy atom. The molecule has 1 fully saturated rings. The molecule has 1 saturated carbocycles. The van der Waals surface area contributed by atoms with E-state index in [-0.39, 0.29) is 29.7 Å². The number of hydrogen-bond donors (Lipinski definition) is 2. The molecule has 20 heavy (non-hydrogen) atoms. The van der Waals surface area contributed by atoms with E-state index < -0.39 is 16.0 Å². The lowest BCUT2D eigenvalue weighted by Crippen LogP contribution is -2.35. The summed E-state index contributed by atoms with van der Waals surface area (Å²) in [7, 11) is -3.82. The molecule has 0 unspecified atom stereocenters. The normalized spacial score (nSPS) is 15.6. The maximum Gasteiger partial charge on any atom is 0.335 e. The number of aromatic carboxylic acids is 1. The predicted octanol–water partition coefficient (Wildman–Crippen LogP) is 1.29. The maximum absolute atomic E-state index is 12.6. The summed E-state index contributed by atoms with van der Waals surface area (Å²) in [5.74, 6) is -1.19. The molecule has 110 valence electrons. The van der Waals surface area contributed by atoms with Crippen molar-refractivity contribution >= 4 is 31.9 Å². The average Bonchev–Trinajstić information content (AvgIpc) is 3.19. The molecule has 1 aromatic rings. The summed E-state index contributed by atoms with van der Waals surface area (Å²) in [6.45, 7) is -0.261. The second kappa shape index (κ2) is 5.80. The van der Waals surface area contributed by atoms with Crippen LogP contribution in [0.3, 0.4) is 0 Å². The van der Waals surface area contributed by atoms with E-state index in [0.717, 1.165) is 18.9 Å². The SMILES string of the molecule is O=C(O)c1ccc(Br)c(S(=O)(=O)N(CCO)C2CC2)c1. The molecule has 6 nitrogen and oxygen atoms in total. The second-order valence-electron chi connectivity index (χ2n) is 4.52. The minimum Gasteiger partial charge on any atom is -0.478 e. The van der Waals surface area contributed by atoms with Crippen LogP contribution in [0.1, 0.15) is 23.2 Å². The van der Waals surface area contributed by atoms with Crippen LogP contribution in [0.25, 0.3) is 0 Å². The number of hydrogen-bond acceptors (Lipinski definition) is 4. The molecule has 1 aromatic carbocycles. The molecular weight excluding hydrogens is 350 g/mol. The molecule has 0 spiro atoms. The first-order valence-electron chi connectivity index (χ1n) is 6.03. The zero-order valence-electron chi connectivity index (χ0n) is 10.5. The third-order valence-corrected chi connectivity index (χ3v) is 5.99. The fourth-order valence-electron chi connectivity index (χ4n) is 1.92. The van der Waals surface area contributed by atoms with Crippen LogP contribution in [-0.4, -0.2) is 48.1 Å². The van der Waals surface area contributed by atoms with Crippen molar-refractivity contribution in [1.82, 2.24) is 4.31 Å². The van der Waals surface area contributed by atoms with Gasteiger partial charge in [0.1, 0.15) is 0 Å². The van der Waals surface area contributed by atoms with E-state index in [9.17, 15) is 13.2 Å². The second-order valence-corrected chi connectivity index (χ2v) is 7.23. The van der Waals surface area contributed by atoms with Gasteiger partial charge < -0.3 is 10.2 Å². The number of benzene rings is 1. The lowest BCUT2D eigenvalue weighted by atomic mass is 10.2. The van der Waals surface area contributed by atoms with Crippen molar-refractivity contribution in [2.75, 3.05) is 13.2 Å². The molecule has 0 aliphatic heterocycles. The summed E-state index contributed by atoms with van der Waals surface area (Å²) >= 11 is 3.14. The van der Waals surface area contributed by atoms with Gasteiger partial charge in [-0.15, -0.1) is 0 Å². The number of carboxylic acid groups (broad SMARTS) is 1. The third-order valence-electron chi connectivity index (χ3n) is 3.04. The average molecular weight is 364 g/mol. The van der Waals surface area contributed by atoms with Gasteiger partial charge in [0.15, 0.2) is 0 Å². The molecule has 0 amide bonds. The fraction of sp³-hybridized carbons (Fsp3) is 0.417. The van der Waals surface area contributed by atoms with E-state index in [0.29, 0.717) is 4.47 Å². The van der Waals surface area contributed by atoms with Gasteiger partial charge >= 0.3 is 5.97 Å². The fourth-order valence-corrected chi connectivity index (χ4v) is 4.55. The monoisotopic (exact) mass is 363 g/mol. The van der Waals surface area contributed by atoms with Crippen LogP contribution in [0, 0.1) is 0 Å². The van der Waals surface area contributed by atoms with Crippen LogP contribution in [-0.2, 0) is 10.0 Å². The van der Waals surface area contributed by atoms with Gasteiger partial charge in [-0.05, 0) is 47.0 Å². The molecular formula is C12H14BrNO5S. The Labute approximate surface area is 125 Å². The van der Waals surface area contributed by atoms with Crippen molar-refractivity contribution in [1.29, 1.82) is 0 Å². The summed E-state index contributed by atoms with van der Waals surface area (Å²) in [4.78, 5) is 10.9. The molecule has 1 aliphatic rings. The van der Waals surface area contributed by atoms with Gasteiger partial charge in [0.2, 0.25) is 10.0 Å². The van der Waals surface area contributed by atoms with E-state index in [2.05, 4.69) is 15.9 Å². The van der Waals surface area contributed by atoms with Crippen molar-refractivity contribution in [3.63, 3.8) is 0 Å². The number of aliphatic hydroxyl groups excluding tert-OH is 1. The van der Waals surface area contributed by atoms with Crippen molar-refractivity contribution in [3.8, 4) is 0 Å². The Morgan fingerprint density at radius 3 is 2.55 bits per heavy atom. The summed E-state index contributed by atoms with van der Waals surface area (Å²) in [6, 6.07) is 3.76. The van der Waals surface area contributed by atoms with E-state index in [1.165, 1.54) is 16.4 Å². The van der Waals surface area contributed by atoms with Crippen molar-refractivity contribution in [3.05, 3.63) is 28.2 Å². The highest BCUT2D eigenvalue weighted by Gasteiger charge is 2.38. The zero-order chi connectivity index (χ0) is 14.9. The summed E-state index contributed by atoms with van der Waals surface area (Å²) < 4.78 is 26.7. The highest BCUT2D eigenvalue weighted by molar-refractivity contribution is 9.10. The number of halogens is 1. The molecule has 0 saturated heterocycles. The molecule has 1 aliphatic carbocycles. The minimum atomic E-state index is -3.82. The number of rotatable bonds is 6. The third kappa shape index (κ3) is 3.03. The van der Waals surface area contributed by atoms with Crippen LogP contribution in [0.4, 0.5) is 0 Å². The lowest BCUT2D eigenvalue weighted by molar-refractivity contribution is 0.0696. The lowest BCUT2D eigenvalue weighted by Gasteiger charge is -2.21. The Morgan fingerprint density at radius 1 is 1.40 bits per heavy atom. The van der Waals surface area contributed by atoms with Gasteiger partial charge in [-0.1, -0.05) is 0 Å². The summed E-state index contributed by atoms with van der Waals surface area (Å²) in [5, 5.41) is 18.0. The van der Waals surface area contributed by atoms with E-state index in [1.807, 2.05) is 0 Å². The number of carbonyl (C=O) groups is 1. The predicted molar refractivity (Wildman–Crippen MR) is 75.1 cm³/mol. The van der Waals surface area contributed by atoms with E-state index >= 15 is 0 Å². The van der Waals surface area contributed by atoms with E-state index in [4.69, 9.17) is 10.2 Å². The number of nitrogens with zero attached hydrogens (tertiary/aromatic N) is 1. The van der Waals surface area contributed by atoms with Crippen LogP contribution in [0.15, 0.2) is 27.6 Å². The van der Waals surface area contributed by atoms with Crippen molar-refractivity contribution in [2.24, 2.45) is 0 Å². The van der Waals surface area contributed by atoms with Crippen LogP contribution >= 0.6 is 15.9 Å². The largest absolute Gasteiger partial charge is 0.478 e. The Hall–Kier alpha value is -0.960. The summed E-state index contributed by atoms with van der Waals surface area (Å²) in [5.41, 5.74) is -0.0912. The highest BCUT2D eigenvalue weighted by Crippen LogP contribution is 2.34. The first kappa shape index (κ1) is 15.4. The first-order chi connectivity index (χ1) is 9.37. The van der Waals surface area contributed by atoms with Gasteiger partial charge in [0, 0.05) is 17.1 Å². The highest BCUT2D eigenvalue weighted by atomic mass is 79.9. The quantitative estimate of drug-likeness (QED) is 0.793. The van der Waals surface area contributed by atoms with Gasteiger partial charge in [0.25, 0.3) is 0 Å². The Bertz CT molecular complexity index is 627. The topological polar surface area (TPSA) is 94.9 Å². The van der Waals surface area contributed by atoms with E-state index in [1.54, 1.807) is 0 Å². The molecule has 2 rings (SSSR count). The molecule has 2 N–H and O–H groups in total. The van der Waals surface area contributed by atoms with Gasteiger partial charge in [-0.3, -0.25) is 0 Å². The zero-order valence-corrected chi connectivity index (χ0v) is 12.9. The Balaban J connectivity index is 2.47. The van der Waals surface area contributed by atoms with Gasteiger partial charge in [-0.2, -0.15) is 4.31 Å². The number of sulfonamides is 1. The van der Waals surface area contributed by atoms with Gasteiger partial charge in [0.05, 0.1) is 17.1 Å². The molecule has 0 bridgehead atoms. The van der Waals surface area contributed by atoms with Crippen molar-refractivity contribution < 1.29 is 23.4 Å². The minimum absolute atomic E-state index is 0.0107.